The van der Waals surface area contributed by atoms with Gasteiger partial charge in [-0.2, -0.15) is 0 Å². The highest BCUT2D eigenvalue weighted by Gasteiger charge is 2.02. The summed E-state index contributed by atoms with van der Waals surface area (Å²) >= 11 is 3.51. The van der Waals surface area contributed by atoms with E-state index in [0.29, 0.717) is 0 Å². The van der Waals surface area contributed by atoms with Gasteiger partial charge in [0, 0.05) is 4.47 Å². The van der Waals surface area contributed by atoms with Gasteiger partial charge in [0.05, 0.1) is 0 Å². The van der Waals surface area contributed by atoms with E-state index in [4.69, 9.17) is 7.85 Å². The zero-order valence-electron chi connectivity index (χ0n) is 7.57. The second kappa shape index (κ2) is 4.01. The van der Waals surface area contributed by atoms with Crippen LogP contribution in [0.4, 0.5) is 0 Å². The molecule has 0 unspecified atom stereocenters. The van der Waals surface area contributed by atoms with Crippen molar-refractivity contribution < 1.29 is 0 Å². The minimum atomic E-state index is 0.805. The molecular formula is C12H8BBr. The van der Waals surface area contributed by atoms with Crippen molar-refractivity contribution in [3.8, 4) is 11.1 Å². The Morgan fingerprint density at radius 1 is 0.786 bits per heavy atom. The van der Waals surface area contributed by atoms with Gasteiger partial charge >= 0.3 is 0 Å². The Morgan fingerprint density at radius 2 is 1.36 bits per heavy atom. The SMILES string of the molecule is [B]c1ccccc1-c1ccccc1Br. The van der Waals surface area contributed by atoms with Crippen LogP contribution in [0.2, 0.25) is 0 Å². The molecule has 0 heterocycles. The molecule has 0 fully saturated rings. The van der Waals surface area contributed by atoms with E-state index >= 15 is 0 Å². The summed E-state index contributed by atoms with van der Waals surface area (Å²) < 4.78 is 1.07. The molecule has 2 radical (unpaired) electrons. The van der Waals surface area contributed by atoms with Crippen molar-refractivity contribution in [2.45, 2.75) is 0 Å². The second-order valence-electron chi connectivity index (χ2n) is 3.07. The smallest absolute Gasteiger partial charge is 0.0889 e. The molecule has 2 aromatic carbocycles. The Morgan fingerprint density at radius 3 is 2.00 bits per heavy atom. The zero-order valence-corrected chi connectivity index (χ0v) is 9.16. The molecule has 0 saturated heterocycles. The van der Waals surface area contributed by atoms with Crippen molar-refractivity contribution in [1.82, 2.24) is 0 Å². The average Bonchev–Trinajstić information content (AvgIpc) is 2.20. The third-order valence-electron chi connectivity index (χ3n) is 2.12. The topological polar surface area (TPSA) is 0 Å². The standard InChI is InChI=1S/C12H8BBr/c13-11-7-3-1-5-9(11)10-6-2-4-8-12(10)14/h1-8H. The van der Waals surface area contributed by atoms with E-state index < -0.39 is 0 Å². The van der Waals surface area contributed by atoms with Crippen LogP contribution in [0.5, 0.6) is 0 Å². The number of halogens is 1. The summed E-state index contributed by atoms with van der Waals surface area (Å²) in [6, 6.07) is 15.9. The molecule has 0 bridgehead atoms. The zero-order chi connectivity index (χ0) is 9.97. The maximum Gasteiger partial charge on any atom is 0.114 e. The molecule has 2 rings (SSSR count). The molecule has 2 aromatic rings. The Hall–Kier alpha value is -1.02. The first-order chi connectivity index (χ1) is 6.79. The van der Waals surface area contributed by atoms with Crippen molar-refractivity contribution in [2.24, 2.45) is 0 Å². The summed E-state index contributed by atoms with van der Waals surface area (Å²) in [7, 11) is 5.90. The lowest BCUT2D eigenvalue weighted by Gasteiger charge is -2.07. The predicted molar refractivity (Wildman–Crippen MR) is 65.0 cm³/mol. The lowest BCUT2D eigenvalue weighted by molar-refractivity contribution is 1.61. The highest BCUT2D eigenvalue weighted by Crippen LogP contribution is 2.25. The van der Waals surface area contributed by atoms with E-state index in [0.717, 1.165) is 21.1 Å². The highest BCUT2D eigenvalue weighted by atomic mass is 79.9. The molecule has 0 saturated carbocycles. The maximum absolute atomic E-state index is 5.90. The van der Waals surface area contributed by atoms with Crippen LogP contribution in [0.25, 0.3) is 11.1 Å². The molecule has 0 aliphatic rings. The van der Waals surface area contributed by atoms with E-state index in [1.54, 1.807) is 0 Å². The largest absolute Gasteiger partial charge is 0.114 e. The van der Waals surface area contributed by atoms with Gasteiger partial charge in [-0.15, -0.1) is 0 Å². The summed E-state index contributed by atoms with van der Waals surface area (Å²) in [6.07, 6.45) is 0. The average molecular weight is 243 g/mol. The van der Waals surface area contributed by atoms with Crippen LogP contribution in [0.15, 0.2) is 53.0 Å². The molecule has 0 nitrogen and oxygen atoms in total. The lowest BCUT2D eigenvalue weighted by atomic mass is 9.87. The van der Waals surface area contributed by atoms with Gasteiger partial charge < -0.3 is 0 Å². The van der Waals surface area contributed by atoms with Crippen LogP contribution in [0.3, 0.4) is 0 Å². The Balaban J connectivity index is 2.61. The molecule has 0 aliphatic heterocycles. The van der Waals surface area contributed by atoms with Crippen LogP contribution in [-0.4, -0.2) is 7.85 Å². The van der Waals surface area contributed by atoms with Crippen molar-refractivity contribution in [2.75, 3.05) is 0 Å². The van der Waals surface area contributed by atoms with Crippen LogP contribution in [0.1, 0.15) is 0 Å². The number of hydrogen-bond acceptors (Lipinski definition) is 0. The van der Waals surface area contributed by atoms with E-state index in [1.165, 1.54) is 0 Å². The summed E-state index contributed by atoms with van der Waals surface area (Å²) in [6.45, 7) is 0. The van der Waals surface area contributed by atoms with Gasteiger partial charge in [-0.1, -0.05) is 63.9 Å². The van der Waals surface area contributed by atoms with Crippen LogP contribution in [0, 0.1) is 0 Å². The molecule has 0 N–H and O–H groups in total. The quantitative estimate of drug-likeness (QED) is 0.675. The van der Waals surface area contributed by atoms with Gasteiger partial charge in [0.15, 0.2) is 0 Å². The highest BCUT2D eigenvalue weighted by molar-refractivity contribution is 9.10. The van der Waals surface area contributed by atoms with Gasteiger partial charge in [0.1, 0.15) is 7.85 Å². The van der Waals surface area contributed by atoms with Gasteiger partial charge in [-0.3, -0.25) is 0 Å². The first kappa shape index (κ1) is 9.54. The minimum absolute atomic E-state index is 0.805. The predicted octanol–water partition coefficient (Wildman–Crippen LogP) is 2.91. The van der Waals surface area contributed by atoms with Gasteiger partial charge in [0.2, 0.25) is 0 Å². The molecule has 0 spiro atoms. The lowest BCUT2D eigenvalue weighted by Crippen LogP contribution is -2.05. The number of rotatable bonds is 1. The van der Waals surface area contributed by atoms with Crippen molar-refractivity contribution in [3.05, 3.63) is 53.0 Å². The number of hydrogen-bond donors (Lipinski definition) is 0. The molecule has 14 heavy (non-hydrogen) atoms. The molecular weight excluding hydrogens is 235 g/mol. The Labute approximate surface area is 93.5 Å². The second-order valence-corrected chi connectivity index (χ2v) is 3.92. The molecule has 2 heteroatoms. The molecule has 0 atom stereocenters. The molecule has 0 aromatic heterocycles. The van der Waals surface area contributed by atoms with Crippen LogP contribution >= 0.6 is 15.9 Å². The van der Waals surface area contributed by atoms with E-state index in [2.05, 4.69) is 22.0 Å². The third-order valence-corrected chi connectivity index (χ3v) is 2.82. The summed E-state index contributed by atoms with van der Waals surface area (Å²) in [5, 5.41) is 0. The molecule has 0 amide bonds. The van der Waals surface area contributed by atoms with E-state index in [-0.39, 0.29) is 0 Å². The van der Waals surface area contributed by atoms with E-state index in [9.17, 15) is 0 Å². The minimum Gasteiger partial charge on any atom is -0.0889 e. The monoisotopic (exact) mass is 242 g/mol. The first-order valence-corrected chi connectivity index (χ1v) is 5.18. The molecule has 66 valence electrons. The number of benzene rings is 2. The normalized spacial score (nSPS) is 10.1. The fourth-order valence-electron chi connectivity index (χ4n) is 1.42. The van der Waals surface area contributed by atoms with Crippen molar-refractivity contribution in [3.63, 3.8) is 0 Å². The van der Waals surface area contributed by atoms with E-state index in [1.807, 2.05) is 42.5 Å². The Bertz CT molecular complexity index is 408. The summed E-state index contributed by atoms with van der Waals surface area (Å²) in [5.41, 5.74) is 3.00. The van der Waals surface area contributed by atoms with Crippen LogP contribution < -0.4 is 5.46 Å². The Kier molecular flexibility index (Phi) is 2.73. The summed E-state index contributed by atoms with van der Waals surface area (Å²) in [4.78, 5) is 0. The maximum atomic E-state index is 5.90. The first-order valence-electron chi connectivity index (χ1n) is 4.38. The fourth-order valence-corrected chi connectivity index (χ4v) is 1.92. The molecule has 0 aliphatic carbocycles. The third kappa shape index (κ3) is 1.75. The fraction of sp³-hybridized carbons (Fsp3) is 0. The van der Waals surface area contributed by atoms with Gasteiger partial charge in [-0.05, 0) is 17.2 Å². The van der Waals surface area contributed by atoms with Crippen LogP contribution in [-0.2, 0) is 0 Å². The van der Waals surface area contributed by atoms with Gasteiger partial charge in [-0.25, -0.2) is 0 Å². The summed E-state index contributed by atoms with van der Waals surface area (Å²) in [5.74, 6) is 0. The van der Waals surface area contributed by atoms with Crippen molar-refractivity contribution >= 4 is 29.2 Å². The van der Waals surface area contributed by atoms with Gasteiger partial charge in [0.25, 0.3) is 0 Å². The van der Waals surface area contributed by atoms with Crippen molar-refractivity contribution in [1.29, 1.82) is 0 Å².